The summed E-state index contributed by atoms with van der Waals surface area (Å²) >= 11 is 6.10. The Balaban J connectivity index is 2.35. The molecule has 2 rings (SSSR count). The van der Waals surface area contributed by atoms with Crippen molar-refractivity contribution >= 4 is 11.6 Å². The van der Waals surface area contributed by atoms with Gasteiger partial charge in [-0.1, -0.05) is 24.6 Å². The van der Waals surface area contributed by atoms with Crippen molar-refractivity contribution in [2.24, 2.45) is 0 Å². The van der Waals surface area contributed by atoms with Crippen molar-refractivity contribution in [2.45, 2.75) is 34.2 Å². The van der Waals surface area contributed by atoms with Gasteiger partial charge < -0.3 is 10.1 Å². The van der Waals surface area contributed by atoms with Crippen molar-refractivity contribution in [1.29, 1.82) is 0 Å². The predicted octanol–water partition coefficient (Wildman–Crippen LogP) is 5.17. The third-order valence-electron chi connectivity index (χ3n) is 3.57. The Hall–Kier alpha value is -1.51. The third kappa shape index (κ3) is 3.99. The Bertz CT molecular complexity index is 637. The van der Waals surface area contributed by atoms with Crippen LogP contribution in [0.1, 0.15) is 29.2 Å². The topological polar surface area (TPSA) is 21.3 Å². The highest BCUT2D eigenvalue weighted by molar-refractivity contribution is 6.30. The van der Waals surface area contributed by atoms with Crippen LogP contribution in [0.15, 0.2) is 30.3 Å². The van der Waals surface area contributed by atoms with Crippen molar-refractivity contribution < 1.29 is 4.74 Å². The lowest BCUT2D eigenvalue weighted by Crippen LogP contribution is -2.12. The normalized spacial score (nSPS) is 10.7. The van der Waals surface area contributed by atoms with Crippen molar-refractivity contribution in [3.05, 3.63) is 57.6 Å². The molecule has 2 nitrogen and oxygen atoms in total. The van der Waals surface area contributed by atoms with Gasteiger partial charge in [0, 0.05) is 17.1 Å². The molecule has 0 aliphatic heterocycles. The first-order valence-electron chi connectivity index (χ1n) is 7.26. The minimum Gasteiger partial charge on any atom is -0.457 e. The van der Waals surface area contributed by atoms with Gasteiger partial charge in [-0.3, -0.25) is 0 Å². The molecule has 0 atom stereocenters. The molecule has 0 saturated heterocycles. The highest BCUT2D eigenvalue weighted by Crippen LogP contribution is 2.31. The molecule has 0 spiro atoms. The number of rotatable bonds is 5. The van der Waals surface area contributed by atoms with Crippen molar-refractivity contribution in [1.82, 2.24) is 5.32 Å². The molecular weight excluding hydrogens is 282 g/mol. The van der Waals surface area contributed by atoms with E-state index in [2.05, 4.69) is 45.1 Å². The minimum absolute atomic E-state index is 0.729. The van der Waals surface area contributed by atoms with Gasteiger partial charge in [-0.05, 0) is 68.3 Å². The quantitative estimate of drug-likeness (QED) is 0.823. The van der Waals surface area contributed by atoms with Crippen molar-refractivity contribution in [3.8, 4) is 11.5 Å². The van der Waals surface area contributed by atoms with Gasteiger partial charge in [0.05, 0.1) is 0 Å². The van der Waals surface area contributed by atoms with Gasteiger partial charge >= 0.3 is 0 Å². The fraction of sp³-hybridized carbons (Fsp3) is 0.333. The van der Waals surface area contributed by atoms with E-state index in [1.54, 1.807) is 0 Å². The molecular formula is C18H22ClNO. The second-order valence-corrected chi connectivity index (χ2v) is 5.78. The summed E-state index contributed by atoms with van der Waals surface area (Å²) in [6, 6.07) is 10.0. The molecule has 0 saturated carbocycles. The zero-order valence-electron chi connectivity index (χ0n) is 13.1. The maximum Gasteiger partial charge on any atom is 0.132 e. The number of aryl methyl sites for hydroxylation is 2. The van der Waals surface area contributed by atoms with E-state index >= 15 is 0 Å². The van der Waals surface area contributed by atoms with Crippen LogP contribution in [0.5, 0.6) is 11.5 Å². The van der Waals surface area contributed by atoms with E-state index in [-0.39, 0.29) is 0 Å². The van der Waals surface area contributed by atoms with E-state index < -0.39 is 0 Å². The molecule has 0 fully saturated rings. The smallest absolute Gasteiger partial charge is 0.132 e. The molecule has 0 aliphatic carbocycles. The van der Waals surface area contributed by atoms with Crippen molar-refractivity contribution in [3.63, 3.8) is 0 Å². The average Bonchev–Trinajstić information content (AvgIpc) is 2.44. The average molecular weight is 304 g/mol. The molecule has 0 aromatic heterocycles. The van der Waals surface area contributed by atoms with E-state index in [1.807, 2.05) is 18.2 Å². The first-order valence-corrected chi connectivity index (χ1v) is 7.64. The maximum atomic E-state index is 6.16. The molecule has 3 heteroatoms. The zero-order valence-corrected chi connectivity index (χ0v) is 13.8. The Morgan fingerprint density at radius 2 is 1.81 bits per heavy atom. The summed E-state index contributed by atoms with van der Waals surface area (Å²) < 4.78 is 6.16. The summed E-state index contributed by atoms with van der Waals surface area (Å²) in [5.41, 5.74) is 4.69. The van der Waals surface area contributed by atoms with E-state index in [0.717, 1.165) is 35.2 Å². The summed E-state index contributed by atoms with van der Waals surface area (Å²) in [6.45, 7) is 10.0. The van der Waals surface area contributed by atoms with Crippen LogP contribution in [0, 0.1) is 20.8 Å². The lowest BCUT2D eigenvalue weighted by Gasteiger charge is -2.15. The lowest BCUT2D eigenvalue weighted by molar-refractivity contribution is 0.469. The SMILES string of the molecule is CCNCc1cc(Cl)ccc1Oc1cc(C)cc(C)c1C. The highest BCUT2D eigenvalue weighted by atomic mass is 35.5. The van der Waals surface area contributed by atoms with Gasteiger partial charge in [-0.25, -0.2) is 0 Å². The monoisotopic (exact) mass is 303 g/mol. The molecule has 0 amide bonds. The van der Waals surface area contributed by atoms with Crippen LogP contribution < -0.4 is 10.1 Å². The van der Waals surface area contributed by atoms with Gasteiger partial charge in [0.2, 0.25) is 0 Å². The molecule has 1 N–H and O–H groups in total. The number of nitrogens with one attached hydrogen (secondary N) is 1. The van der Waals surface area contributed by atoms with Gasteiger partial charge in [-0.15, -0.1) is 0 Å². The predicted molar refractivity (Wildman–Crippen MR) is 89.6 cm³/mol. The Morgan fingerprint density at radius 1 is 1.05 bits per heavy atom. The minimum atomic E-state index is 0.729. The molecule has 0 unspecified atom stereocenters. The lowest BCUT2D eigenvalue weighted by atomic mass is 10.1. The summed E-state index contributed by atoms with van der Waals surface area (Å²) in [6.07, 6.45) is 0. The fourth-order valence-electron chi connectivity index (χ4n) is 2.27. The molecule has 2 aromatic carbocycles. The van der Waals surface area contributed by atoms with E-state index in [0.29, 0.717) is 0 Å². The van der Waals surface area contributed by atoms with Crippen LogP contribution in [0.4, 0.5) is 0 Å². The first-order chi connectivity index (χ1) is 10.0. The molecule has 0 heterocycles. The van der Waals surface area contributed by atoms with Crippen LogP contribution in [-0.4, -0.2) is 6.54 Å². The third-order valence-corrected chi connectivity index (χ3v) is 3.81. The van der Waals surface area contributed by atoms with Crippen LogP contribution in [0.25, 0.3) is 0 Å². The van der Waals surface area contributed by atoms with Crippen LogP contribution in [0.3, 0.4) is 0 Å². The Kier molecular flexibility index (Phi) is 5.27. The molecule has 21 heavy (non-hydrogen) atoms. The number of hydrogen-bond donors (Lipinski definition) is 1. The van der Waals surface area contributed by atoms with E-state index in [9.17, 15) is 0 Å². The van der Waals surface area contributed by atoms with Crippen molar-refractivity contribution in [2.75, 3.05) is 6.54 Å². The zero-order chi connectivity index (χ0) is 15.4. The molecule has 0 bridgehead atoms. The number of benzene rings is 2. The second-order valence-electron chi connectivity index (χ2n) is 5.34. The van der Waals surface area contributed by atoms with Gasteiger partial charge in [0.25, 0.3) is 0 Å². The summed E-state index contributed by atoms with van der Waals surface area (Å²) in [5, 5.41) is 4.05. The Labute approximate surface area is 132 Å². The molecule has 112 valence electrons. The van der Waals surface area contributed by atoms with E-state index in [4.69, 9.17) is 16.3 Å². The fourth-order valence-corrected chi connectivity index (χ4v) is 2.47. The number of ether oxygens (including phenoxy) is 1. The first kappa shape index (κ1) is 15.9. The molecule has 2 aromatic rings. The van der Waals surface area contributed by atoms with Gasteiger partial charge in [0.1, 0.15) is 11.5 Å². The van der Waals surface area contributed by atoms with E-state index in [1.165, 1.54) is 16.7 Å². The Morgan fingerprint density at radius 3 is 2.52 bits per heavy atom. The van der Waals surface area contributed by atoms with Crippen LogP contribution >= 0.6 is 11.6 Å². The standard InChI is InChI=1S/C18H22ClNO/c1-5-20-11-15-10-16(19)6-7-17(15)21-18-9-12(2)8-13(3)14(18)4/h6-10,20H,5,11H2,1-4H3. The number of hydrogen-bond acceptors (Lipinski definition) is 2. The second kappa shape index (κ2) is 6.97. The summed E-state index contributed by atoms with van der Waals surface area (Å²) in [4.78, 5) is 0. The molecule has 0 radical (unpaired) electrons. The van der Waals surface area contributed by atoms with Gasteiger partial charge in [0.15, 0.2) is 0 Å². The maximum absolute atomic E-state index is 6.16. The summed E-state index contributed by atoms with van der Waals surface area (Å²) in [5.74, 6) is 1.76. The summed E-state index contributed by atoms with van der Waals surface area (Å²) in [7, 11) is 0. The van der Waals surface area contributed by atoms with Crippen LogP contribution in [-0.2, 0) is 6.54 Å². The largest absolute Gasteiger partial charge is 0.457 e. The van der Waals surface area contributed by atoms with Crippen LogP contribution in [0.2, 0.25) is 5.02 Å². The van der Waals surface area contributed by atoms with Gasteiger partial charge in [-0.2, -0.15) is 0 Å². The number of halogens is 1. The highest BCUT2D eigenvalue weighted by Gasteiger charge is 2.09. The molecule has 0 aliphatic rings.